The van der Waals surface area contributed by atoms with E-state index in [1.54, 1.807) is 0 Å². The second-order valence-electron chi connectivity index (χ2n) is 23.1. The van der Waals surface area contributed by atoms with Crippen molar-refractivity contribution in [2.24, 2.45) is 0 Å². The van der Waals surface area contributed by atoms with E-state index in [2.05, 4.69) is 142 Å². The van der Waals surface area contributed by atoms with Crippen LogP contribution >= 0.6 is 0 Å². The number of hydrogen-bond acceptors (Lipinski definition) is 6. The Labute approximate surface area is 513 Å². The zero-order chi connectivity index (χ0) is 59.9. The summed E-state index contributed by atoms with van der Waals surface area (Å²) >= 11 is 0. The highest BCUT2D eigenvalue weighted by Crippen LogP contribution is 2.16. The van der Waals surface area contributed by atoms with Crippen LogP contribution < -0.4 is 0 Å². The van der Waals surface area contributed by atoms with Gasteiger partial charge in [-0.1, -0.05) is 296 Å². The molecule has 0 saturated carbocycles. The zero-order valence-electron chi connectivity index (χ0n) is 54.4. The topological polar surface area (TPSA) is 78.9 Å². The molecule has 0 aliphatic heterocycles. The minimum atomic E-state index is -0.788. The molecule has 0 amide bonds. The lowest BCUT2D eigenvalue weighted by molar-refractivity contribution is -0.167. The molecule has 6 nitrogen and oxygen atoms in total. The summed E-state index contributed by atoms with van der Waals surface area (Å²) in [5, 5.41) is 0. The van der Waals surface area contributed by atoms with E-state index in [1.165, 1.54) is 173 Å². The maximum absolute atomic E-state index is 12.9. The Morgan fingerprint density at radius 2 is 0.470 bits per heavy atom. The third-order valence-corrected chi connectivity index (χ3v) is 14.9. The molecule has 0 aliphatic rings. The Morgan fingerprint density at radius 3 is 0.771 bits per heavy atom. The largest absolute Gasteiger partial charge is 0.462 e. The van der Waals surface area contributed by atoms with Crippen LogP contribution in [0.4, 0.5) is 0 Å². The van der Waals surface area contributed by atoms with Crippen molar-refractivity contribution in [2.45, 2.75) is 335 Å². The monoisotopic (exact) mass is 1150 g/mol. The Morgan fingerprint density at radius 1 is 0.253 bits per heavy atom. The van der Waals surface area contributed by atoms with Crippen LogP contribution in [0.15, 0.2) is 122 Å². The number of unbranched alkanes of at least 4 members (excludes halogenated alkanes) is 32. The van der Waals surface area contributed by atoms with Gasteiger partial charge in [-0.2, -0.15) is 0 Å². The van der Waals surface area contributed by atoms with Crippen LogP contribution in [0.3, 0.4) is 0 Å². The Bertz CT molecular complexity index is 1700. The van der Waals surface area contributed by atoms with Gasteiger partial charge >= 0.3 is 17.9 Å². The van der Waals surface area contributed by atoms with Gasteiger partial charge in [0.05, 0.1) is 0 Å². The third kappa shape index (κ3) is 68.5. The zero-order valence-corrected chi connectivity index (χ0v) is 54.4. The Hall–Kier alpha value is -4.19. The molecule has 0 saturated heterocycles. The molecule has 0 bridgehead atoms. The summed E-state index contributed by atoms with van der Waals surface area (Å²) in [6.07, 6.45) is 97.9. The Kier molecular flexibility index (Phi) is 66.7. The number of hydrogen-bond donors (Lipinski definition) is 0. The van der Waals surface area contributed by atoms with Gasteiger partial charge in [-0.15, -0.1) is 0 Å². The minimum absolute atomic E-state index is 0.0842. The summed E-state index contributed by atoms with van der Waals surface area (Å²) in [5.41, 5.74) is 0. The molecule has 0 spiro atoms. The van der Waals surface area contributed by atoms with Gasteiger partial charge in [-0.05, 0) is 135 Å². The van der Waals surface area contributed by atoms with E-state index in [4.69, 9.17) is 14.2 Å². The van der Waals surface area contributed by atoms with E-state index in [0.717, 1.165) is 116 Å². The second kappa shape index (κ2) is 70.3. The number of allylic oxidation sites excluding steroid dienone is 20. The van der Waals surface area contributed by atoms with Crippen LogP contribution in [0.5, 0.6) is 0 Å². The molecular weight excluding hydrogens is 1020 g/mol. The summed E-state index contributed by atoms with van der Waals surface area (Å²) in [4.78, 5) is 38.3. The number of esters is 3. The summed E-state index contributed by atoms with van der Waals surface area (Å²) < 4.78 is 16.9. The molecule has 474 valence electrons. The molecule has 1 unspecified atom stereocenters. The third-order valence-electron chi connectivity index (χ3n) is 14.9. The number of carbonyl (C=O) groups excluding carboxylic acids is 3. The normalized spacial score (nSPS) is 12.9. The smallest absolute Gasteiger partial charge is 0.306 e. The van der Waals surface area contributed by atoms with Gasteiger partial charge in [0.1, 0.15) is 13.2 Å². The lowest BCUT2D eigenvalue weighted by Gasteiger charge is -2.18. The fourth-order valence-electron chi connectivity index (χ4n) is 9.68. The van der Waals surface area contributed by atoms with Crippen LogP contribution in [0, 0.1) is 0 Å². The highest BCUT2D eigenvalue weighted by molar-refractivity contribution is 5.71. The lowest BCUT2D eigenvalue weighted by Crippen LogP contribution is -2.30. The van der Waals surface area contributed by atoms with Gasteiger partial charge in [0, 0.05) is 19.3 Å². The van der Waals surface area contributed by atoms with Crippen molar-refractivity contribution in [3.05, 3.63) is 122 Å². The van der Waals surface area contributed by atoms with Crippen molar-refractivity contribution >= 4 is 17.9 Å². The summed E-state index contributed by atoms with van der Waals surface area (Å²) in [6, 6.07) is 0. The quantitative estimate of drug-likeness (QED) is 0.0261. The average Bonchev–Trinajstić information content (AvgIpc) is 3.49. The molecule has 0 aliphatic carbocycles. The van der Waals surface area contributed by atoms with Gasteiger partial charge in [0.25, 0.3) is 0 Å². The number of rotatable bonds is 63. The minimum Gasteiger partial charge on any atom is -0.462 e. The molecular formula is C77H130O6. The van der Waals surface area contributed by atoms with E-state index < -0.39 is 6.10 Å². The maximum atomic E-state index is 12.9. The predicted molar refractivity (Wildman–Crippen MR) is 362 cm³/mol. The highest BCUT2D eigenvalue weighted by atomic mass is 16.6. The van der Waals surface area contributed by atoms with E-state index in [1.807, 2.05) is 0 Å². The molecule has 0 N–H and O–H groups in total. The molecule has 83 heavy (non-hydrogen) atoms. The lowest BCUT2D eigenvalue weighted by atomic mass is 10.1. The molecule has 0 radical (unpaired) electrons. The Balaban J connectivity index is 4.23. The standard InChI is InChI=1S/C77H130O6/c1-4-7-10-13-16-19-22-25-27-29-31-32-33-34-35-36-37-38-39-40-41-42-43-44-45-46-47-49-50-52-55-58-61-64-67-70-76(79)82-73-74(72-81-75(78)69-66-63-60-57-54-24-21-18-15-12-9-6-3)83-77(80)71-68-65-62-59-56-53-51-48-30-28-26-23-20-17-14-11-8-5-2/h7,10,16,18-19,21,25,27-28,30-32,34-35,37-38,40-41,43-44,74H,4-6,8-9,11-15,17,20,22-24,26,29,33,36,39,42,45-73H2,1-3H3/b10-7-,19-16-,21-18-,27-25-,30-28-,32-31-,35-34-,38-37-,41-40-,44-43-. The van der Waals surface area contributed by atoms with Crippen molar-refractivity contribution in [1.82, 2.24) is 0 Å². The van der Waals surface area contributed by atoms with Crippen molar-refractivity contribution in [2.75, 3.05) is 13.2 Å². The maximum Gasteiger partial charge on any atom is 0.306 e. The first-order chi connectivity index (χ1) is 41.0. The summed E-state index contributed by atoms with van der Waals surface area (Å²) in [6.45, 7) is 6.51. The molecule has 0 aromatic carbocycles. The van der Waals surface area contributed by atoms with Crippen molar-refractivity contribution in [3.8, 4) is 0 Å². The first-order valence-electron chi connectivity index (χ1n) is 35.0. The van der Waals surface area contributed by atoms with E-state index >= 15 is 0 Å². The highest BCUT2D eigenvalue weighted by Gasteiger charge is 2.19. The molecule has 0 fully saturated rings. The fraction of sp³-hybridized carbons (Fsp3) is 0.701. The van der Waals surface area contributed by atoms with Crippen LogP contribution in [0.2, 0.25) is 0 Å². The van der Waals surface area contributed by atoms with Crippen LogP contribution in [0.1, 0.15) is 329 Å². The van der Waals surface area contributed by atoms with Gasteiger partial charge in [0.15, 0.2) is 6.10 Å². The summed E-state index contributed by atoms with van der Waals surface area (Å²) in [7, 11) is 0. The molecule has 1 atom stereocenters. The van der Waals surface area contributed by atoms with Gasteiger partial charge in [-0.25, -0.2) is 0 Å². The van der Waals surface area contributed by atoms with Gasteiger partial charge < -0.3 is 14.2 Å². The summed E-state index contributed by atoms with van der Waals surface area (Å²) in [5.74, 6) is -0.892. The van der Waals surface area contributed by atoms with Crippen molar-refractivity contribution < 1.29 is 28.6 Å². The molecule has 0 aromatic heterocycles. The van der Waals surface area contributed by atoms with Crippen LogP contribution in [-0.4, -0.2) is 37.2 Å². The second-order valence-corrected chi connectivity index (χ2v) is 23.1. The van der Waals surface area contributed by atoms with E-state index in [0.29, 0.717) is 19.3 Å². The number of ether oxygens (including phenoxy) is 3. The van der Waals surface area contributed by atoms with Gasteiger partial charge in [0.2, 0.25) is 0 Å². The fourth-order valence-corrected chi connectivity index (χ4v) is 9.68. The van der Waals surface area contributed by atoms with Crippen LogP contribution in [-0.2, 0) is 28.6 Å². The molecule has 0 aromatic rings. The first-order valence-corrected chi connectivity index (χ1v) is 35.0. The van der Waals surface area contributed by atoms with E-state index in [9.17, 15) is 14.4 Å². The van der Waals surface area contributed by atoms with Crippen LogP contribution in [0.25, 0.3) is 0 Å². The average molecular weight is 1150 g/mol. The predicted octanol–water partition coefficient (Wildman–Crippen LogP) is 24.3. The SMILES string of the molecule is CC/C=C\C/C=C\C/C=C\C/C=C\C/C=C\C/C=C\C/C=C\C/C=C\CCCCCCCCCCCCC(=O)OCC(COC(=O)CCCCCCC/C=C\CCCCC)OC(=O)CCCCCCCCC/C=C\CCCCCCCCC. The van der Waals surface area contributed by atoms with Gasteiger partial charge in [-0.3, -0.25) is 14.4 Å². The van der Waals surface area contributed by atoms with Crippen molar-refractivity contribution in [3.63, 3.8) is 0 Å². The number of carbonyl (C=O) groups is 3. The first kappa shape index (κ1) is 78.8. The molecule has 0 heterocycles. The van der Waals surface area contributed by atoms with E-state index in [-0.39, 0.29) is 31.1 Å². The molecule has 6 heteroatoms. The molecule has 0 rings (SSSR count). The van der Waals surface area contributed by atoms with Crippen molar-refractivity contribution in [1.29, 1.82) is 0 Å².